The molecule has 10 heteroatoms. The summed E-state index contributed by atoms with van der Waals surface area (Å²) in [6.45, 7) is 15.4. The molecule has 1 fully saturated rings. The molecule has 0 unspecified atom stereocenters. The van der Waals surface area contributed by atoms with Crippen molar-refractivity contribution in [1.82, 2.24) is 19.9 Å². The van der Waals surface area contributed by atoms with Crippen LogP contribution in [0.1, 0.15) is 105 Å². The summed E-state index contributed by atoms with van der Waals surface area (Å²) in [4.78, 5) is 30.2. The zero-order valence-electron chi connectivity index (χ0n) is 30.3. The Kier molecular flexibility index (Phi) is 9.79. The number of amides is 1. The second-order valence-electron chi connectivity index (χ2n) is 16.0. The van der Waals surface area contributed by atoms with Crippen LogP contribution >= 0.6 is 0 Å². The number of aromatic nitrogens is 3. The zero-order valence-corrected chi connectivity index (χ0v) is 31.1. The first kappa shape index (κ1) is 35.5. The standard InChI is InChI=1S/C40H49N5O4S/c1-26-10-8-11-27(2)36(26)34-21-35-43-38(42-34)44-50(47,48)33-13-9-12-29(20-33)37(46)45(32(25-49-35)22-39(3,4)5)24-31-15-14-30(23-41-31)28-16-18-40(6,7)19-17-28/h8-15,20-21,23,28,32H,16-19,22,24-25H2,1-7H3,(H,42,43,44)/t32-/m1/s1. The van der Waals surface area contributed by atoms with E-state index in [2.05, 4.69) is 55.4 Å². The Morgan fingerprint density at radius 3 is 2.32 bits per heavy atom. The van der Waals surface area contributed by atoms with E-state index in [-0.39, 0.29) is 52.8 Å². The Morgan fingerprint density at radius 1 is 0.960 bits per heavy atom. The predicted octanol–water partition coefficient (Wildman–Crippen LogP) is 8.48. The van der Waals surface area contributed by atoms with Crippen molar-refractivity contribution in [1.29, 1.82) is 0 Å². The van der Waals surface area contributed by atoms with Gasteiger partial charge >= 0.3 is 0 Å². The monoisotopic (exact) mass is 695 g/mol. The van der Waals surface area contributed by atoms with Crippen molar-refractivity contribution in [3.63, 3.8) is 0 Å². The van der Waals surface area contributed by atoms with E-state index in [1.807, 2.05) is 44.3 Å². The fourth-order valence-electron chi connectivity index (χ4n) is 7.22. The SMILES string of the molecule is Cc1cccc(C)c1-c1cc2nc(n1)NS(=O)(=O)c1cccc(c1)C(=O)N(Cc1ccc(C3CCC(C)(C)CC3)cn1)[C@H](CC(C)(C)C)CO2. The molecule has 264 valence electrons. The molecule has 1 aliphatic heterocycles. The van der Waals surface area contributed by atoms with Crippen LogP contribution in [0.2, 0.25) is 0 Å². The molecule has 1 N–H and O–H groups in total. The molecular formula is C40H49N5O4S. The highest BCUT2D eigenvalue weighted by molar-refractivity contribution is 7.92. The number of carbonyl (C=O) groups is 1. The Balaban J connectivity index is 1.41. The van der Waals surface area contributed by atoms with Crippen LogP contribution in [-0.4, -0.2) is 46.8 Å². The quantitative estimate of drug-likeness (QED) is 0.223. The number of nitrogens with zero attached hydrogens (tertiary/aromatic N) is 4. The van der Waals surface area contributed by atoms with Crippen molar-refractivity contribution in [2.45, 2.75) is 104 Å². The molecule has 2 aromatic carbocycles. The van der Waals surface area contributed by atoms with Crippen LogP contribution in [0.5, 0.6) is 5.88 Å². The second-order valence-corrected chi connectivity index (χ2v) is 17.7. The molecule has 1 atom stereocenters. The highest BCUT2D eigenvalue weighted by Gasteiger charge is 2.32. The van der Waals surface area contributed by atoms with Crippen molar-refractivity contribution in [3.8, 4) is 17.1 Å². The van der Waals surface area contributed by atoms with Gasteiger partial charge in [0.2, 0.25) is 11.8 Å². The number of nitrogens with one attached hydrogen (secondary N) is 1. The van der Waals surface area contributed by atoms with Crippen LogP contribution in [0.15, 0.2) is 71.8 Å². The van der Waals surface area contributed by atoms with Crippen LogP contribution in [0.25, 0.3) is 11.3 Å². The number of hydrogen-bond donors (Lipinski definition) is 1. The van der Waals surface area contributed by atoms with Gasteiger partial charge in [0.25, 0.3) is 15.9 Å². The van der Waals surface area contributed by atoms with Gasteiger partial charge in [-0.1, -0.05) is 65.0 Å². The Morgan fingerprint density at radius 2 is 1.66 bits per heavy atom. The Bertz CT molecular complexity index is 1960. The molecular weight excluding hydrogens is 647 g/mol. The predicted molar refractivity (Wildman–Crippen MR) is 197 cm³/mol. The van der Waals surface area contributed by atoms with Gasteiger partial charge in [0.05, 0.1) is 28.9 Å². The number of ether oxygens (including phenoxy) is 1. The van der Waals surface area contributed by atoms with Crippen molar-refractivity contribution in [2.24, 2.45) is 10.8 Å². The van der Waals surface area contributed by atoms with Crippen LogP contribution in [-0.2, 0) is 16.6 Å². The average molecular weight is 696 g/mol. The van der Waals surface area contributed by atoms with Crippen molar-refractivity contribution < 1.29 is 17.9 Å². The fraction of sp³-hybridized carbons (Fsp3) is 0.450. The lowest BCUT2D eigenvalue weighted by molar-refractivity contribution is 0.0509. The van der Waals surface area contributed by atoms with E-state index in [0.717, 1.165) is 35.2 Å². The molecule has 0 radical (unpaired) electrons. The molecule has 6 rings (SSSR count). The van der Waals surface area contributed by atoms with E-state index >= 15 is 0 Å². The van der Waals surface area contributed by atoms with Gasteiger partial charge in [0.1, 0.15) is 6.61 Å². The summed E-state index contributed by atoms with van der Waals surface area (Å²) in [5.41, 5.74) is 5.86. The molecule has 2 aliphatic rings. The molecule has 4 bridgehead atoms. The molecule has 1 saturated carbocycles. The largest absolute Gasteiger partial charge is 0.475 e. The number of aryl methyl sites for hydroxylation is 2. The number of benzene rings is 2. The van der Waals surface area contributed by atoms with Gasteiger partial charge in [0.15, 0.2) is 0 Å². The van der Waals surface area contributed by atoms with Crippen LogP contribution in [0, 0.1) is 24.7 Å². The first-order valence-corrected chi connectivity index (χ1v) is 19.0. The van der Waals surface area contributed by atoms with Crippen LogP contribution in [0.4, 0.5) is 5.95 Å². The summed E-state index contributed by atoms with van der Waals surface area (Å²) in [6, 6.07) is 17.6. The van der Waals surface area contributed by atoms with Gasteiger partial charge in [-0.15, -0.1) is 0 Å². The maximum Gasteiger partial charge on any atom is 0.264 e. The van der Waals surface area contributed by atoms with Gasteiger partial charge in [0, 0.05) is 23.4 Å². The second kappa shape index (κ2) is 13.8. The summed E-state index contributed by atoms with van der Waals surface area (Å²) >= 11 is 0. The first-order chi connectivity index (χ1) is 23.6. The normalized spacial score (nSPS) is 19.4. The lowest BCUT2D eigenvalue weighted by Gasteiger charge is -2.36. The molecule has 1 aliphatic carbocycles. The number of pyridine rings is 1. The van der Waals surface area contributed by atoms with Crippen LogP contribution < -0.4 is 9.46 Å². The van der Waals surface area contributed by atoms with E-state index in [1.54, 1.807) is 23.1 Å². The minimum atomic E-state index is -4.16. The van der Waals surface area contributed by atoms with Crippen LogP contribution in [0.3, 0.4) is 0 Å². The highest BCUT2D eigenvalue weighted by Crippen LogP contribution is 2.42. The van der Waals surface area contributed by atoms with E-state index in [1.165, 1.54) is 30.5 Å². The summed E-state index contributed by atoms with van der Waals surface area (Å²) in [5, 5.41) is 0. The molecule has 0 saturated heterocycles. The summed E-state index contributed by atoms with van der Waals surface area (Å²) in [5.74, 6) is 0.300. The molecule has 3 heterocycles. The molecule has 9 nitrogen and oxygen atoms in total. The lowest BCUT2D eigenvalue weighted by Crippen LogP contribution is -2.45. The summed E-state index contributed by atoms with van der Waals surface area (Å²) < 4.78 is 36.4. The highest BCUT2D eigenvalue weighted by atomic mass is 32.2. The third-order valence-corrected chi connectivity index (χ3v) is 11.3. The smallest absolute Gasteiger partial charge is 0.264 e. The summed E-state index contributed by atoms with van der Waals surface area (Å²) in [6.07, 6.45) is 7.27. The molecule has 0 spiro atoms. The minimum Gasteiger partial charge on any atom is -0.475 e. The number of rotatable bonds is 5. The average Bonchev–Trinajstić information content (AvgIpc) is 3.05. The third kappa shape index (κ3) is 8.18. The Hall–Kier alpha value is -4.31. The lowest BCUT2D eigenvalue weighted by atomic mass is 9.71. The third-order valence-electron chi connectivity index (χ3n) is 10.0. The first-order valence-electron chi connectivity index (χ1n) is 17.5. The van der Waals surface area contributed by atoms with Gasteiger partial charge in [-0.3, -0.25) is 9.78 Å². The zero-order chi connectivity index (χ0) is 35.8. The Labute approximate surface area is 297 Å². The molecule has 1 amide bonds. The fourth-order valence-corrected chi connectivity index (χ4v) is 8.21. The van der Waals surface area contributed by atoms with Crippen molar-refractivity contribution in [3.05, 3.63) is 94.8 Å². The minimum absolute atomic E-state index is 0.0587. The van der Waals surface area contributed by atoms with Gasteiger partial charge in [-0.05, 0) is 104 Å². The summed E-state index contributed by atoms with van der Waals surface area (Å²) in [7, 11) is -4.16. The van der Waals surface area contributed by atoms with Crippen molar-refractivity contribution >= 4 is 21.9 Å². The number of carbonyl (C=O) groups excluding carboxylic acids is 1. The van der Waals surface area contributed by atoms with E-state index < -0.39 is 10.0 Å². The van der Waals surface area contributed by atoms with Gasteiger partial charge in [-0.2, -0.15) is 4.98 Å². The van der Waals surface area contributed by atoms with E-state index in [4.69, 9.17) is 9.72 Å². The topological polar surface area (TPSA) is 114 Å². The van der Waals surface area contributed by atoms with E-state index in [9.17, 15) is 13.2 Å². The van der Waals surface area contributed by atoms with Crippen molar-refractivity contribution in [2.75, 3.05) is 11.3 Å². The number of sulfonamides is 1. The maximum atomic E-state index is 14.5. The number of hydrogen-bond acceptors (Lipinski definition) is 7. The van der Waals surface area contributed by atoms with E-state index in [0.29, 0.717) is 23.4 Å². The van der Waals surface area contributed by atoms with Gasteiger partial charge < -0.3 is 9.64 Å². The molecule has 2 aromatic heterocycles. The number of fused-ring (bicyclic) bond motifs is 4. The molecule has 4 aromatic rings. The molecule has 50 heavy (non-hydrogen) atoms. The maximum absolute atomic E-state index is 14.5. The number of anilines is 1. The van der Waals surface area contributed by atoms with Gasteiger partial charge in [-0.25, -0.2) is 18.1 Å².